The molecule has 0 saturated heterocycles. The van der Waals surface area contributed by atoms with Gasteiger partial charge in [-0.1, -0.05) is 33.1 Å². The second kappa shape index (κ2) is 6.26. The molecule has 88 valence electrons. The van der Waals surface area contributed by atoms with Gasteiger partial charge in [0.05, 0.1) is 0 Å². The highest BCUT2D eigenvalue weighted by Crippen LogP contribution is 2.30. The predicted octanol–water partition coefficient (Wildman–Crippen LogP) is 2.76. The summed E-state index contributed by atoms with van der Waals surface area (Å²) in [5, 5.41) is 0. The zero-order valence-electron chi connectivity index (χ0n) is 10.2. The lowest BCUT2D eigenvalue weighted by Crippen LogP contribution is -2.25. The van der Waals surface area contributed by atoms with Crippen molar-refractivity contribution in [1.82, 2.24) is 0 Å². The second-order valence-electron chi connectivity index (χ2n) is 5.14. The Morgan fingerprint density at radius 3 is 2.40 bits per heavy atom. The van der Waals surface area contributed by atoms with Gasteiger partial charge in [0.15, 0.2) is 0 Å². The quantitative estimate of drug-likeness (QED) is 0.760. The Balaban J connectivity index is 2.33. The van der Waals surface area contributed by atoms with Crippen molar-refractivity contribution in [3.05, 3.63) is 0 Å². The molecule has 15 heavy (non-hydrogen) atoms. The highest BCUT2D eigenvalue weighted by molar-refractivity contribution is 5.81. The molecule has 1 fully saturated rings. The normalized spacial score (nSPS) is 28.7. The smallest absolute Gasteiger partial charge is 0.136 e. The third-order valence-corrected chi connectivity index (χ3v) is 3.87. The minimum atomic E-state index is 0.349. The fourth-order valence-corrected chi connectivity index (χ4v) is 2.43. The monoisotopic (exact) mass is 211 g/mol. The number of rotatable bonds is 5. The SMILES string of the molecule is CCC(CN)CC(=O)C1CCC(C)CC1. The molecule has 0 aromatic rings. The molecular formula is C13H25NO. The first-order valence-corrected chi connectivity index (χ1v) is 6.40. The van der Waals surface area contributed by atoms with Gasteiger partial charge in [0.1, 0.15) is 5.78 Å². The Bertz CT molecular complexity index is 191. The van der Waals surface area contributed by atoms with Crippen molar-refractivity contribution in [3.63, 3.8) is 0 Å². The Kier molecular flexibility index (Phi) is 5.30. The molecule has 0 heterocycles. The molecular weight excluding hydrogens is 186 g/mol. The lowest BCUT2D eigenvalue weighted by atomic mass is 9.79. The average Bonchev–Trinajstić information content (AvgIpc) is 2.26. The van der Waals surface area contributed by atoms with Crippen LogP contribution in [0.1, 0.15) is 52.4 Å². The summed E-state index contributed by atoms with van der Waals surface area (Å²) in [4.78, 5) is 12.0. The van der Waals surface area contributed by atoms with Gasteiger partial charge >= 0.3 is 0 Å². The van der Waals surface area contributed by atoms with Crippen LogP contribution in [0.4, 0.5) is 0 Å². The number of carbonyl (C=O) groups is 1. The van der Waals surface area contributed by atoms with E-state index in [9.17, 15) is 4.79 Å². The summed E-state index contributed by atoms with van der Waals surface area (Å²) in [6.07, 6.45) is 6.44. The van der Waals surface area contributed by atoms with E-state index in [2.05, 4.69) is 13.8 Å². The highest BCUT2D eigenvalue weighted by atomic mass is 16.1. The van der Waals surface area contributed by atoms with Gasteiger partial charge in [-0.25, -0.2) is 0 Å². The van der Waals surface area contributed by atoms with Crippen LogP contribution < -0.4 is 5.73 Å². The van der Waals surface area contributed by atoms with Gasteiger partial charge in [-0.2, -0.15) is 0 Å². The van der Waals surface area contributed by atoms with Gasteiger partial charge in [-0.15, -0.1) is 0 Å². The number of carbonyl (C=O) groups excluding carboxylic acids is 1. The fraction of sp³-hybridized carbons (Fsp3) is 0.923. The van der Waals surface area contributed by atoms with Gasteiger partial charge in [0.25, 0.3) is 0 Å². The zero-order valence-corrected chi connectivity index (χ0v) is 10.2. The standard InChI is InChI=1S/C13H25NO/c1-3-11(9-14)8-13(15)12-6-4-10(2)5-7-12/h10-12H,3-9,14H2,1-2H3. The number of hydrogen-bond donors (Lipinski definition) is 1. The summed E-state index contributed by atoms with van der Waals surface area (Å²) < 4.78 is 0. The molecule has 0 spiro atoms. The molecule has 0 aliphatic heterocycles. The van der Waals surface area contributed by atoms with E-state index in [0.29, 0.717) is 30.6 Å². The molecule has 2 nitrogen and oxygen atoms in total. The van der Waals surface area contributed by atoms with Crippen molar-refractivity contribution in [2.45, 2.75) is 52.4 Å². The molecule has 1 unspecified atom stereocenters. The van der Waals surface area contributed by atoms with E-state index < -0.39 is 0 Å². The maximum Gasteiger partial charge on any atom is 0.136 e. The van der Waals surface area contributed by atoms with Crippen molar-refractivity contribution in [1.29, 1.82) is 0 Å². The van der Waals surface area contributed by atoms with Crippen LogP contribution >= 0.6 is 0 Å². The van der Waals surface area contributed by atoms with Crippen LogP contribution in [0.15, 0.2) is 0 Å². The predicted molar refractivity (Wildman–Crippen MR) is 63.6 cm³/mol. The first-order valence-electron chi connectivity index (χ1n) is 6.40. The van der Waals surface area contributed by atoms with Crippen LogP contribution in [-0.2, 0) is 4.79 Å². The maximum absolute atomic E-state index is 12.0. The van der Waals surface area contributed by atoms with Crippen molar-refractivity contribution in [2.24, 2.45) is 23.5 Å². The lowest BCUT2D eigenvalue weighted by molar-refractivity contribution is -0.124. The second-order valence-corrected chi connectivity index (χ2v) is 5.14. The molecule has 1 atom stereocenters. The van der Waals surface area contributed by atoms with Crippen LogP contribution in [0, 0.1) is 17.8 Å². The largest absolute Gasteiger partial charge is 0.330 e. The van der Waals surface area contributed by atoms with Crippen molar-refractivity contribution >= 4 is 5.78 Å². The van der Waals surface area contributed by atoms with E-state index in [4.69, 9.17) is 5.73 Å². The van der Waals surface area contributed by atoms with E-state index >= 15 is 0 Å². The van der Waals surface area contributed by atoms with Gasteiger partial charge in [-0.05, 0) is 31.2 Å². The van der Waals surface area contributed by atoms with Crippen molar-refractivity contribution < 1.29 is 4.79 Å². The number of ketones is 1. The molecule has 0 aromatic heterocycles. The van der Waals surface area contributed by atoms with E-state index in [1.54, 1.807) is 0 Å². The fourth-order valence-electron chi connectivity index (χ4n) is 2.43. The molecule has 1 aliphatic rings. The number of nitrogens with two attached hydrogens (primary N) is 1. The molecule has 0 amide bonds. The Morgan fingerprint density at radius 1 is 1.33 bits per heavy atom. The van der Waals surface area contributed by atoms with Crippen LogP contribution in [0.5, 0.6) is 0 Å². The third-order valence-electron chi connectivity index (χ3n) is 3.87. The van der Waals surface area contributed by atoms with E-state index in [0.717, 1.165) is 25.2 Å². The molecule has 1 saturated carbocycles. The lowest BCUT2D eigenvalue weighted by Gasteiger charge is -2.26. The Morgan fingerprint density at radius 2 is 1.93 bits per heavy atom. The first-order chi connectivity index (χ1) is 7.17. The van der Waals surface area contributed by atoms with Crippen molar-refractivity contribution in [2.75, 3.05) is 6.54 Å². The number of hydrogen-bond acceptors (Lipinski definition) is 2. The minimum absolute atomic E-state index is 0.349. The number of Topliss-reactive ketones (excluding diaryl/α,β-unsaturated/α-hetero) is 1. The summed E-state index contributed by atoms with van der Waals surface area (Å²) in [5.74, 6) is 2.06. The van der Waals surface area contributed by atoms with E-state index in [1.807, 2.05) is 0 Å². The van der Waals surface area contributed by atoms with Crippen LogP contribution in [0.3, 0.4) is 0 Å². The molecule has 2 N–H and O–H groups in total. The van der Waals surface area contributed by atoms with Crippen LogP contribution in [-0.4, -0.2) is 12.3 Å². The van der Waals surface area contributed by atoms with Crippen LogP contribution in [0.25, 0.3) is 0 Å². The summed E-state index contributed by atoms with van der Waals surface area (Å²) in [6.45, 7) is 5.06. The zero-order chi connectivity index (χ0) is 11.3. The maximum atomic E-state index is 12.0. The van der Waals surface area contributed by atoms with Gasteiger partial charge < -0.3 is 5.73 Å². The summed E-state index contributed by atoms with van der Waals surface area (Å²) >= 11 is 0. The topological polar surface area (TPSA) is 43.1 Å². The van der Waals surface area contributed by atoms with Gasteiger partial charge in [0, 0.05) is 12.3 Å². The van der Waals surface area contributed by atoms with Gasteiger partial charge in [-0.3, -0.25) is 4.79 Å². The van der Waals surface area contributed by atoms with Gasteiger partial charge in [0.2, 0.25) is 0 Å². The molecule has 0 bridgehead atoms. The van der Waals surface area contributed by atoms with Crippen LogP contribution in [0.2, 0.25) is 0 Å². The minimum Gasteiger partial charge on any atom is -0.330 e. The highest BCUT2D eigenvalue weighted by Gasteiger charge is 2.25. The third kappa shape index (κ3) is 3.94. The Hall–Kier alpha value is -0.370. The summed E-state index contributed by atoms with van der Waals surface area (Å²) in [5.41, 5.74) is 5.63. The average molecular weight is 211 g/mol. The van der Waals surface area contributed by atoms with E-state index in [1.165, 1.54) is 12.8 Å². The summed E-state index contributed by atoms with van der Waals surface area (Å²) in [6, 6.07) is 0. The van der Waals surface area contributed by atoms with Crippen molar-refractivity contribution in [3.8, 4) is 0 Å². The molecule has 0 radical (unpaired) electrons. The molecule has 1 rings (SSSR count). The molecule has 1 aliphatic carbocycles. The Labute approximate surface area is 93.6 Å². The summed E-state index contributed by atoms with van der Waals surface area (Å²) in [7, 11) is 0. The van der Waals surface area contributed by atoms with E-state index in [-0.39, 0.29) is 0 Å². The molecule has 0 aromatic carbocycles. The first kappa shape index (κ1) is 12.7. The molecule has 2 heteroatoms.